The lowest BCUT2D eigenvalue weighted by Gasteiger charge is -2.10. The standard InChI is InChI=1S/C21H25N3O4/c1-4-8-17(15-9-6-5-7-10-15)23-24-20(25)14-22-21(26)16-11-12-18(27-2)19(13-16)28-3/h5-7,9-13H,4,8,14H2,1-3H3,(H,22,26)(H,24,25)/b23-17-. The first kappa shape index (κ1) is 21.0. The number of ether oxygens (including phenoxy) is 2. The van der Waals surface area contributed by atoms with Crippen molar-refractivity contribution in [1.29, 1.82) is 0 Å². The second-order valence-corrected chi connectivity index (χ2v) is 5.96. The molecule has 2 aromatic carbocycles. The second kappa shape index (κ2) is 10.7. The van der Waals surface area contributed by atoms with Gasteiger partial charge in [-0.3, -0.25) is 9.59 Å². The third kappa shape index (κ3) is 5.84. The Morgan fingerprint density at radius 3 is 2.32 bits per heavy atom. The van der Waals surface area contributed by atoms with Gasteiger partial charge in [0.1, 0.15) is 0 Å². The molecule has 0 heterocycles. The van der Waals surface area contributed by atoms with Crippen LogP contribution in [0.15, 0.2) is 53.6 Å². The molecule has 0 unspecified atom stereocenters. The summed E-state index contributed by atoms with van der Waals surface area (Å²) >= 11 is 0. The number of methoxy groups -OCH3 is 2. The predicted molar refractivity (Wildman–Crippen MR) is 108 cm³/mol. The first-order valence-electron chi connectivity index (χ1n) is 9.00. The third-order valence-electron chi connectivity index (χ3n) is 3.96. The highest BCUT2D eigenvalue weighted by Crippen LogP contribution is 2.27. The number of amides is 2. The Hall–Kier alpha value is -3.35. The SMILES string of the molecule is CCC/C(=N/NC(=O)CNC(=O)c1ccc(OC)c(OC)c1)c1ccccc1. The molecule has 7 heteroatoms. The van der Waals surface area contributed by atoms with Crippen LogP contribution in [0.4, 0.5) is 0 Å². The van der Waals surface area contributed by atoms with Gasteiger partial charge >= 0.3 is 0 Å². The maximum absolute atomic E-state index is 12.3. The van der Waals surface area contributed by atoms with Crippen molar-refractivity contribution in [1.82, 2.24) is 10.7 Å². The molecule has 0 spiro atoms. The fraction of sp³-hybridized carbons (Fsp3) is 0.286. The lowest BCUT2D eigenvalue weighted by atomic mass is 10.1. The monoisotopic (exact) mass is 383 g/mol. The molecule has 148 valence electrons. The molecule has 28 heavy (non-hydrogen) atoms. The van der Waals surface area contributed by atoms with Crippen LogP contribution in [0, 0.1) is 0 Å². The van der Waals surface area contributed by atoms with Gasteiger partial charge < -0.3 is 14.8 Å². The Bertz CT molecular complexity index is 835. The van der Waals surface area contributed by atoms with Gasteiger partial charge in [0.25, 0.3) is 11.8 Å². The zero-order valence-corrected chi connectivity index (χ0v) is 16.3. The summed E-state index contributed by atoms with van der Waals surface area (Å²) in [7, 11) is 3.01. The van der Waals surface area contributed by atoms with Gasteiger partial charge in [0.2, 0.25) is 0 Å². The van der Waals surface area contributed by atoms with E-state index in [2.05, 4.69) is 15.8 Å². The largest absolute Gasteiger partial charge is 0.493 e. The smallest absolute Gasteiger partial charge is 0.259 e. The van der Waals surface area contributed by atoms with E-state index in [0.29, 0.717) is 17.1 Å². The van der Waals surface area contributed by atoms with E-state index in [1.807, 2.05) is 37.3 Å². The minimum Gasteiger partial charge on any atom is -0.493 e. The number of nitrogens with zero attached hydrogens (tertiary/aromatic N) is 1. The number of nitrogens with one attached hydrogen (secondary N) is 2. The van der Waals surface area contributed by atoms with Gasteiger partial charge in [0.15, 0.2) is 11.5 Å². The van der Waals surface area contributed by atoms with Crippen molar-refractivity contribution in [3.05, 3.63) is 59.7 Å². The number of rotatable bonds is 9. The van der Waals surface area contributed by atoms with Crippen LogP contribution in [0.1, 0.15) is 35.7 Å². The predicted octanol–water partition coefficient (Wildman–Crippen LogP) is 2.75. The van der Waals surface area contributed by atoms with Crippen LogP contribution in [0.3, 0.4) is 0 Å². The van der Waals surface area contributed by atoms with Crippen molar-refractivity contribution in [2.45, 2.75) is 19.8 Å². The summed E-state index contributed by atoms with van der Waals surface area (Å²) in [4.78, 5) is 24.3. The van der Waals surface area contributed by atoms with Crippen LogP contribution in [-0.2, 0) is 4.79 Å². The summed E-state index contributed by atoms with van der Waals surface area (Å²) in [6.07, 6.45) is 1.64. The summed E-state index contributed by atoms with van der Waals surface area (Å²) in [5.74, 6) is 0.169. The van der Waals surface area contributed by atoms with Crippen LogP contribution in [0.25, 0.3) is 0 Å². The molecule has 0 aliphatic carbocycles. The Kier molecular flexibility index (Phi) is 8.02. The molecule has 2 rings (SSSR count). The van der Waals surface area contributed by atoms with Gasteiger partial charge in [0.05, 0.1) is 26.5 Å². The minimum atomic E-state index is -0.404. The molecule has 2 amide bonds. The van der Waals surface area contributed by atoms with Crippen molar-refractivity contribution >= 4 is 17.5 Å². The molecular weight excluding hydrogens is 358 g/mol. The third-order valence-corrected chi connectivity index (χ3v) is 3.96. The molecule has 2 aromatic rings. The van der Waals surface area contributed by atoms with Crippen LogP contribution in [0.5, 0.6) is 11.5 Å². The Labute approximate surface area is 164 Å². The average molecular weight is 383 g/mol. The van der Waals surface area contributed by atoms with Crippen molar-refractivity contribution in [3.63, 3.8) is 0 Å². The summed E-state index contributed by atoms with van der Waals surface area (Å²) in [5.41, 5.74) is 4.62. The van der Waals surface area contributed by atoms with E-state index >= 15 is 0 Å². The summed E-state index contributed by atoms with van der Waals surface area (Å²) in [5, 5.41) is 6.78. The van der Waals surface area contributed by atoms with Crippen LogP contribution < -0.4 is 20.2 Å². The molecule has 0 saturated heterocycles. The lowest BCUT2D eigenvalue weighted by Crippen LogP contribution is -2.35. The summed E-state index contributed by atoms with van der Waals surface area (Å²) in [6.45, 7) is 1.86. The lowest BCUT2D eigenvalue weighted by molar-refractivity contribution is -0.120. The first-order chi connectivity index (χ1) is 13.6. The molecule has 0 atom stereocenters. The second-order valence-electron chi connectivity index (χ2n) is 5.96. The number of carbonyl (C=O) groups is 2. The fourth-order valence-corrected chi connectivity index (χ4v) is 2.54. The topological polar surface area (TPSA) is 89.0 Å². The maximum atomic E-state index is 12.3. The molecule has 0 aliphatic heterocycles. The Morgan fingerprint density at radius 1 is 0.964 bits per heavy atom. The van der Waals surface area contributed by atoms with Crippen molar-refractivity contribution < 1.29 is 19.1 Å². The van der Waals surface area contributed by atoms with E-state index in [1.54, 1.807) is 18.2 Å². The van der Waals surface area contributed by atoms with Gasteiger partial charge in [-0.2, -0.15) is 5.10 Å². The van der Waals surface area contributed by atoms with E-state index in [1.165, 1.54) is 14.2 Å². The number of carbonyl (C=O) groups excluding carboxylic acids is 2. The zero-order valence-electron chi connectivity index (χ0n) is 16.3. The van der Waals surface area contributed by atoms with E-state index in [0.717, 1.165) is 24.1 Å². The van der Waals surface area contributed by atoms with Gasteiger partial charge in [0, 0.05) is 5.56 Å². The van der Waals surface area contributed by atoms with Crippen LogP contribution in [-0.4, -0.2) is 38.3 Å². The normalized spacial score (nSPS) is 10.9. The highest BCUT2D eigenvalue weighted by Gasteiger charge is 2.12. The molecule has 7 nitrogen and oxygen atoms in total. The summed E-state index contributed by atoms with van der Waals surface area (Å²) < 4.78 is 10.3. The Balaban J connectivity index is 1.95. The highest BCUT2D eigenvalue weighted by molar-refractivity contribution is 6.01. The molecular formula is C21H25N3O4. The highest BCUT2D eigenvalue weighted by atomic mass is 16.5. The van der Waals surface area contributed by atoms with Crippen molar-refractivity contribution in [2.75, 3.05) is 20.8 Å². The molecule has 0 radical (unpaired) electrons. The Morgan fingerprint density at radius 2 is 1.68 bits per heavy atom. The maximum Gasteiger partial charge on any atom is 0.259 e. The molecule has 0 aromatic heterocycles. The zero-order chi connectivity index (χ0) is 20.4. The van der Waals surface area contributed by atoms with Crippen LogP contribution in [0.2, 0.25) is 0 Å². The number of hydrogen-bond donors (Lipinski definition) is 2. The number of benzene rings is 2. The molecule has 0 fully saturated rings. The van der Waals surface area contributed by atoms with Gasteiger partial charge in [-0.05, 0) is 30.2 Å². The first-order valence-corrected chi connectivity index (χ1v) is 9.00. The minimum absolute atomic E-state index is 0.190. The van der Waals surface area contributed by atoms with E-state index in [9.17, 15) is 9.59 Å². The van der Waals surface area contributed by atoms with Gasteiger partial charge in [-0.25, -0.2) is 5.43 Å². The molecule has 2 N–H and O–H groups in total. The van der Waals surface area contributed by atoms with Crippen molar-refractivity contribution in [3.8, 4) is 11.5 Å². The molecule has 0 aliphatic rings. The molecule has 0 saturated carbocycles. The van der Waals surface area contributed by atoms with E-state index in [4.69, 9.17) is 9.47 Å². The number of hydrazone groups is 1. The van der Waals surface area contributed by atoms with Gasteiger partial charge in [-0.1, -0.05) is 43.7 Å². The number of hydrogen-bond acceptors (Lipinski definition) is 5. The summed E-state index contributed by atoms with van der Waals surface area (Å²) in [6, 6.07) is 14.4. The fourth-order valence-electron chi connectivity index (χ4n) is 2.54. The van der Waals surface area contributed by atoms with Crippen LogP contribution >= 0.6 is 0 Å². The van der Waals surface area contributed by atoms with Crippen molar-refractivity contribution in [2.24, 2.45) is 5.10 Å². The average Bonchev–Trinajstić information content (AvgIpc) is 2.74. The molecule has 0 bridgehead atoms. The van der Waals surface area contributed by atoms with Gasteiger partial charge in [-0.15, -0.1) is 0 Å². The van der Waals surface area contributed by atoms with E-state index in [-0.39, 0.29) is 6.54 Å². The quantitative estimate of drug-likeness (QED) is 0.515. The van der Waals surface area contributed by atoms with E-state index < -0.39 is 11.8 Å².